The van der Waals surface area contributed by atoms with Crippen molar-refractivity contribution in [2.75, 3.05) is 14.2 Å². The van der Waals surface area contributed by atoms with Crippen LogP contribution in [0.3, 0.4) is 0 Å². The Morgan fingerprint density at radius 3 is 1.47 bits per heavy atom. The van der Waals surface area contributed by atoms with E-state index < -0.39 is 12.3 Å². The molecule has 8 heteroatoms. The van der Waals surface area contributed by atoms with Crippen LogP contribution < -0.4 is 0 Å². The highest BCUT2D eigenvalue weighted by molar-refractivity contribution is 5.58. The number of hydrogen-bond acceptors (Lipinski definition) is 6. The molecule has 90 valence electrons. The Morgan fingerprint density at radius 2 is 1.33 bits per heavy atom. The second-order valence-corrected chi connectivity index (χ2v) is 1.44. The summed E-state index contributed by atoms with van der Waals surface area (Å²) < 4.78 is 0. The summed E-state index contributed by atoms with van der Waals surface area (Å²) in [6.07, 6.45) is -1.12. The smallest absolute Gasteiger partial charge is 0.450 e. The highest BCUT2D eigenvalue weighted by Gasteiger charge is 2.01. The van der Waals surface area contributed by atoms with Gasteiger partial charge in [0.05, 0.1) is 14.2 Å². The van der Waals surface area contributed by atoms with Gasteiger partial charge in [0, 0.05) is 0 Å². The minimum absolute atomic E-state index is 1.03. The second-order valence-electron chi connectivity index (χ2n) is 1.44. The lowest BCUT2D eigenvalue weighted by molar-refractivity contribution is -0.298. The predicted octanol–water partition coefficient (Wildman–Crippen LogP) is 1.68. The quantitative estimate of drug-likeness (QED) is 0.415. The van der Waals surface area contributed by atoms with Gasteiger partial charge in [-0.25, -0.2) is 4.79 Å². The fourth-order valence-electron chi connectivity index (χ4n) is 0.150. The van der Waals surface area contributed by atoms with Gasteiger partial charge in [-0.3, -0.25) is 9.78 Å². The maximum Gasteiger partial charge on any atom is 0.573 e. The van der Waals surface area contributed by atoms with E-state index in [1.807, 2.05) is 6.92 Å². The van der Waals surface area contributed by atoms with Crippen LogP contribution in [0.25, 0.3) is 0 Å². The van der Waals surface area contributed by atoms with E-state index in [-0.39, 0.29) is 0 Å². The maximum absolute atomic E-state index is 9.95. The maximum atomic E-state index is 9.95. The Hall–Kier alpha value is -1.80. The van der Waals surface area contributed by atoms with Crippen LogP contribution in [-0.2, 0) is 19.6 Å². The lowest BCUT2D eigenvalue weighted by atomic mass is 10.8. The molecular formula is C7H14O8. The minimum Gasteiger partial charge on any atom is -0.450 e. The highest BCUT2D eigenvalue weighted by atomic mass is 17.3. The summed E-state index contributed by atoms with van der Waals surface area (Å²) in [6.45, 7) is 5.25. The van der Waals surface area contributed by atoms with E-state index in [4.69, 9.17) is 15.0 Å². The van der Waals surface area contributed by atoms with Gasteiger partial charge in [0.15, 0.2) is 0 Å². The standard InChI is InChI=1S/C3H6O5.C3H6.CH2O3/c1-5-7-3(4)8-6-2;1-3-2;2-1(3)4/h1-2H3;3H,1H2,2H3;(H2,2,3,4). The molecule has 0 saturated carbocycles. The molecule has 2 N–H and O–H groups in total. The van der Waals surface area contributed by atoms with E-state index in [0.29, 0.717) is 0 Å². The molecule has 0 aliphatic rings. The van der Waals surface area contributed by atoms with Gasteiger partial charge in [-0.1, -0.05) is 6.08 Å². The molecule has 0 rings (SSSR count). The van der Waals surface area contributed by atoms with Gasteiger partial charge in [-0.15, -0.1) is 6.58 Å². The average molecular weight is 226 g/mol. The molecule has 15 heavy (non-hydrogen) atoms. The molecule has 0 heterocycles. The largest absolute Gasteiger partial charge is 0.573 e. The van der Waals surface area contributed by atoms with Crippen molar-refractivity contribution >= 4 is 12.3 Å². The molecule has 0 spiro atoms. The van der Waals surface area contributed by atoms with Crippen LogP contribution in [0, 0.1) is 0 Å². The molecule has 0 aliphatic heterocycles. The molecule has 0 saturated heterocycles. The Labute approximate surface area is 86.5 Å². The van der Waals surface area contributed by atoms with Crippen molar-refractivity contribution < 1.29 is 39.4 Å². The number of carbonyl (C=O) groups is 2. The molecular weight excluding hydrogens is 212 g/mol. The molecule has 0 aromatic rings. The lowest BCUT2D eigenvalue weighted by Crippen LogP contribution is -2.04. The summed E-state index contributed by atoms with van der Waals surface area (Å²) >= 11 is 0. The molecule has 0 fully saturated rings. The SMILES string of the molecule is C=CC.COOC(=O)OOC.O=C(O)O. The molecule has 0 amide bonds. The number of allylic oxidation sites excluding steroid dienone is 1. The summed E-state index contributed by atoms with van der Waals surface area (Å²) in [7, 11) is 2.36. The van der Waals surface area contributed by atoms with Gasteiger partial charge in [-0.2, -0.15) is 14.6 Å². The number of carbonyl (C=O) groups excluding carboxylic acids is 1. The zero-order valence-corrected chi connectivity index (χ0v) is 8.63. The first-order valence-corrected chi connectivity index (χ1v) is 3.40. The molecule has 0 radical (unpaired) electrons. The zero-order valence-electron chi connectivity index (χ0n) is 8.63. The summed E-state index contributed by atoms with van der Waals surface area (Å²) in [5.74, 6) is 0. The van der Waals surface area contributed by atoms with Crippen molar-refractivity contribution in [3.63, 3.8) is 0 Å². The molecule has 0 aromatic heterocycles. The van der Waals surface area contributed by atoms with Crippen LogP contribution >= 0.6 is 0 Å². The Kier molecular flexibility index (Phi) is 22.8. The van der Waals surface area contributed by atoms with Crippen LogP contribution in [-0.4, -0.2) is 36.7 Å². The molecule has 0 aromatic carbocycles. The van der Waals surface area contributed by atoms with Crippen LogP contribution in [0.1, 0.15) is 6.92 Å². The van der Waals surface area contributed by atoms with E-state index in [9.17, 15) is 4.79 Å². The van der Waals surface area contributed by atoms with Crippen LogP contribution in [0.15, 0.2) is 12.7 Å². The predicted molar refractivity (Wildman–Crippen MR) is 48.1 cm³/mol. The van der Waals surface area contributed by atoms with Crippen molar-refractivity contribution in [3.05, 3.63) is 12.7 Å². The van der Waals surface area contributed by atoms with Gasteiger partial charge < -0.3 is 10.2 Å². The molecule has 0 aliphatic carbocycles. The van der Waals surface area contributed by atoms with Crippen molar-refractivity contribution in [1.82, 2.24) is 0 Å². The lowest BCUT2D eigenvalue weighted by Gasteiger charge is -1.94. The van der Waals surface area contributed by atoms with E-state index in [0.717, 1.165) is 0 Å². The third-order valence-electron chi connectivity index (χ3n) is 0.303. The van der Waals surface area contributed by atoms with Gasteiger partial charge in [0.2, 0.25) is 0 Å². The van der Waals surface area contributed by atoms with Crippen molar-refractivity contribution in [3.8, 4) is 0 Å². The van der Waals surface area contributed by atoms with E-state index in [1.54, 1.807) is 6.08 Å². The highest BCUT2D eigenvalue weighted by Crippen LogP contribution is 1.82. The first-order valence-electron chi connectivity index (χ1n) is 3.40. The van der Waals surface area contributed by atoms with Crippen LogP contribution in [0.4, 0.5) is 9.59 Å². The van der Waals surface area contributed by atoms with E-state index in [1.165, 1.54) is 14.2 Å². The van der Waals surface area contributed by atoms with Gasteiger partial charge in [0.25, 0.3) is 0 Å². The average Bonchev–Trinajstić information content (AvgIpc) is 2.05. The van der Waals surface area contributed by atoms with E-state index >= 15 is 0 Å². The fourth-order valence-corrected chi connectivity index (χ4v) is 0.150. The van der Waals surface area contributed by atoms with Crippen molar-refractivity contribution in [2.24, 2.45) is 0 Å². The summed E-state index contributed by atoms with van der Waals surface area (Å²) in [4.78, 5) is 33.9. The Balaban J connectivity index is -0.000000173. The minimum atomic E-state index is -1.83. The third-order valence-corrected chi connectivity index (χ3v) is 0.303. The topological polar surface area (TPSA) is 112 Å². The van der Waals surface area contributed by atoms with E-state index in [2.05, 4.69) is 26.1 Å². The molecule has 0 unspecified atom stereocenters. The zero-order chi connectivity index (χ0) is 12.7. The molecule has 0 atom stereocenters. The number of carboxylic acid groups (broad SMARTS) is 2. The number of rotatable bonds is 2. The number of hydrogen-bond donors (Lipinski definition) is 2. The van der Waals surface area contributed by atoms with Gasteiger partial charge in [-0.05, 0) is 6.92 Å². The van der Waals surface area contributed by atoms with Crippen molar-refractivity contribution in [2.45, 2.75) is 6.92 Å². The Morgan fingerprint density at radius 1 is 1.13 bits per heavy atom. The molecule has 0 bridgehead atoms. The van der Waals surface area contributed by atoms with Gasteiger partial charge in [0.1, 0.15) is 0 Å². The second kappa shape index (κ2) is 18.1. The summed E-state index contributed by atoms with van der Waals surface area (Å²) in [6, 6.07) is 0. The van der Waals surface area contributed by atoms with Gasteiger partial charge >= 0.3 is 12.3 Å². The van der Waals surface area contributed by atoms with Crippen molar-refractivity contribution in [1.29, 1.82) is 0 Å². The molecule has 8 nitrogen and oxygen atoms in total. The first kappa shape index (κ1) is 18.9. The summed E-state index contributed by atoms with van der Waals surface area (Å²) in [5.41, 5.74) is 0. The first-order chi connectivity index (χ1) is 6.95. The monoisotopic (exact) mass is 226 g/mol. The third kappa shape index (κ3) is 72.0. The van der Waals surface area contributed by atoms with Crippen LogP contribution in [0.5, 0.6) is 0 Å². The van der Waals surface area contributed by atoms with Crippen LogP contribution in [0.2, 0.25) is 0 Å². The Bertz CT molecular complexity index is 154. The normalized spacial score (nSPS) is 6.87. The summed E-state index contributed by atoms with van der Waals surface area (Å²) in [5, 5.41) is 13.9. The fraction of sp³-hybridized carbons (Fsp3) is 0.429.